The molecule has 0 atom stereocenters. The molecule has 1 amide bonds. The number of carbonyl (C=O) groups excluding carboxylic acids is 1. The van der Waals surface area contributed by atoms with Gasteiger partial charge in [-0.2, -0.15) is 0 Å². The number of hydrogen-bond donors (Lipinski definition) is 3. The van der Waals surface area contributed by atoms with Crippen molar-refractivity contribution in [2.75, 3.05) is 6.54 Å². The fourth-order valence-corrected chi connectivity index (χ4v) is 3.57. The fraction of sp³-hybridized carbons (Fsp3) is 0.190. The zero-order valence-electron chi connectivity index (χ0n) is 15.5. The summed E-state index contributed by atoms with van der Waals surface area (Å²) in [6, 6.07) is 12.4. The van der Waals surface area contributed by atoms with Crippen LogP contribution in [0, 0.1) is 0 Å². The minimum atomic E-state index is -0.517. The molecule has 0 aliphatic carbocycles. The van der Waals surface area contributed by atoms with Crippen LogP contribution in [0.2, 0.25) is 5.02 Å². The van der Waals surface area contributed by atoms with Gasteiger partial charge in [-0.3, -0.25) is 14.2 Å². The van der Waals surface area contributed by atoms with Crippen LogP contribution >= 0.6 is 11.6 Å². The Bertz CT molecular complexity index is 1320. The normalized spacial score (nSPS) is 11.2. The molecule has 3 N–H and O–H groups in total. The van der Waals surface area contributed by atoms with Crippen LogP contribution in [0.15, 0.2) is 58.3 Å². The number of amides is 1. The van der Waals surface area contributed by atoms with Gasteiger partial charge in [0, 0.05) is 41.6 Å². The fourth-order valence-electron chi connectivity index (χ4n) is 3.40. The van der Waals surface area contributed by atoms with E-state index >= 15 is 0 Å². The number of aromatic nitrogens is 3. The van der Waals surface area contributed by atoms with Crippen LogP contribution in [0.4, 0.5) is 0 Å². The Morgan fingerprint density at radius 1 is 1.07 bits per heavy atom. The minimum absolute atomic E-state index is 0.0214. The van der Waals surface area contributed by atoms with Crippen molar-refractivity contribution in [2.24, 2.45) is 0 Å². The maximum absolute atomic E-state index is 12.5. The van der Waals surface area contributed by atoms with E-state index in [9.17, 15) is 14.4 Å². The number of H-pyrrole nitrogens is 2. The maximum atomic E-state index is 12.5. The molecule has 2 aromatic carbocycles. The number of nitrogens with one attached hydrogen (secondary N) is 3. The van der Waals surface area contributed by atoms with Crippen LogP contribution in [0.1, 0.15) is 12.0 Å². The van der Waals surface area contributed by atoms with Gasteiger partial charge in [0.15, 0.2) is 0 Å². The van der Waals surface area contributed by atoms with Gasteiger partial charge >= 0.3 is 5.69 Å². The number of aromatic amines is 2. The molecule has 0 saturated heterocycles. The average Bonchev–Trinajstić information content (AvgIpc) is 3.10. The molecule has 148 valence electrons. The average molecular weight is 411 g/mol. The van der Waals surface area contributed by atoms with E-state index in [1.807, 2.05) is 24.4 Å². The van der Waals surface area contributed by atoms with Crippen LogP contribution in [0.5, 0.6) is 0 Å². The van der Waals surface area contributed by atoms with E-state index in [-0.39, 0.29) is 18.9 Å². The molecule has 8 heteroatoms. The highest BCUT2D eigenvalue weighted by molar-refractivity contribution is 6.31. The summed E-state index contributed by atoms with van der Waals surface area (Å²) < 4.78 is 1.06. The second-order valence-electron chi connectivity index (χ2n) is 6.79. The van der Waals surface area contributed by atoms with Gasteiger partial charge in [-0.1, -0.05) is 23.7 Å². The topological polar surface area (TPSA) is 99.8 Å². The Kier molecular flexibility index (Phi) is 5.22. The maximum Gasteiger partial charge on any atom is 0.328 e. The van der Waals surface area contributed by atoms with Gasteiger partial charge in [0.1, 0.15) is 0 Å². The van der Waals surface area contributed by atoms with E-state index in [1.54, 1.807) is 24.3 Å². The third-order valence-corrected chi connectivity index (χ3v) is 5.13. The molecule has 0 bridgehead atoms. The Morgan fingerprint density at radius 2 is 1.90 bits per heavy atom. The van der Waals surface area contributed by atoms with E-state index in [4.69, 9.17) is 11.6 Å². The predicted octanol–water partition coefficient (Wildman–Crippen LogP) is 2.57. The van der Waals surface area contributed by atoms with Crippen molar-refractivity contribution in [2.45, 2.75) is 19.4 Å². The van der Waals surface area contributed by atoms with Gasteiger partial charge in [0.05, 0.1) is 10.9 Å². The second-order valence-corrected chi connectivity index (χ2v) is 7.22. The summed E-state index contributed by atoms with van der Waals surface area (Å²) in [6.45, 7) is 0.467. The molecule has 7 nitrogen and oxygen atoms in total. The lowest BCUT2D eigenvalue weighted by molar-refractivity contribution is -0.121. The van der Waals surface area contributed by atoms with E-state index in [2.05, 4.69) is 15.3 Å². The first-order chi connectivity index (χ1) is 14.0. The van der Waals surface area contributed by atoms with Gasteiger partial charge in [-0.15, -0.1) is 0 Å². The lowest BCUT2D eigenvalue weighted by Gasteiger charge is -2.07. The van der Waals surface area contributed by atoms with Crippen molar-refractivity contribution in [3.8, 4) is 0 Å². The monoisotopic (exact) mass is 410 g/mol. The molecule has 2 heterocycles. The van der Waals surface area contributed by atoms with Crippen molar-refractivity contribution < 1.29 is 4.79 Å². The molecule has 0 unspecified atom stereocenters. The van der Waals surface area contributed by atoms with Crippen LogP contribution in [-0.4, -0.2) is 27.0 Å². The molecule has 4 rings (SSSR count). The molecule has 0 spiro atoms. The zero-order chi connectivity index (χ0) is 20.4. The smallest absolute Gasteiger partial charge is 0.328 e. The van der Waals surface area contributed by atoms with E-state index in [1.165, 1.54) is 0 Å². The minimum Gasteiger partial charge on any atom is -0.361 e. The van der Waals surface area contributed by atoms with Gasteiger partial charge in [0.25, 0.3) is 5.56 Å². The molecular formula is C21H19ClN4O3. The first-order valence-electron chi connectivity index (χ1n) is 9.27. The summed E-state index contributed by atoms with van der Waals surface area (Å²) in [5, 5.41) is 4.94. The highest BCUT2D eigenvalue weighted by Gasteiger charge is 2.10. The number of hydrogen-bond acceptors (Lipinski definition) is 3. The van der Waals surface area contributed by atoms with Crippen LogP contribution in [-0.2, 0) is 17.8 Å². The van der Waals surface area contributed by atoms with Gasteiger partial charge in [-0.05, 0) is 42.3 Å². The van der Waals surface area contributed by atoms with Gasteiger partial charge in [0.2, 0.25) is 5.91 Å². The van der Waals surface area contributed by atoms with Crippen molar-refractivity contribution in [1.82, 2.24) is 19.9 Å². The van der Waals surface area contributed by atoms with Crippen molar-refractivity contribution in [1.29, 1.82) is 0 Å². The number of benzene rings is 2. The number of nitrogens with zero attached hydrogens (tertiary/aromatic N) is 1. The summed E-state index contributed by atoms with van der Waals surface area (Å²) in [6.07, 6.45) is 2.59. The van der Waals surface area contributed by atoms with Crippen LogP contribution < -0.4 is 16.6 Å². The lowest BCUT2D eigenvalue weighted by atomic mass is 10.1. The van der Waals surface area contributed by atoms with E-state index in [0.29, 0.717) is 28.9 Å². The Balaban J connectivity index is 1.37. The number of halogens is 1. The number of para-hydroxylation sites is 1. The lowest BCUT2D eigenvalue weighted by Crippen LogP contribution is -2.37. The third-order valence-electron chi connectivity index (χ3n) is 4.90. The summed E-state index contributed by atoms with van der Waals surface area (Å²) >= 11 is 6.05. The molecule has 4 aromatic rings. The quantitative estimate of drug-likeness (QED) is 0.455. The highest BCUT2D eigenvalue weighted by Crippen LogP contribution is 2.22. The largest absolute Gasteiger partial charge is 0.361 e. The van der Waals surface area contributed by atoms with Crippen molar-refractivity contribution in [3.05, 3.63) is 80.1 Å². The second kappa shape index (κ2) is 7.97. The Morgan fingerprint density at radius 3 is 2.76 bits per heavy atom. The molecular weight excluding hydrogens is 392 g/mol. The molecule has 2 aromatic heterocycles. The first kappa shape index (κ1) is 19.0. The number of rotatable bonds is 6. The predicted molar refractivity (Wildman–Crippen MR) is 113 cm³/mol. The van der Waals surface area contributed by atoms with Gasteiger partial charge < -0.3 is 15.3 Å². The molecule has 0 aliphatic rings. The summed E-state index contributed by atoms with van der Waals surface area (Å²) in [5.41, 5.74) is 1.63. The summed E-state index contributed by atoms with van der Waals surface area (Å²) in [5.74, 6) is -0.220. The number of fused-ring (bicyclic) bond motifs is 2. The highest BCUT2D eigenvalue weighted by atomic mass is 35.5. The van der Waals surface area contributed by atoms with E-state index < -0.39 is 11.2 Å². The standard InChI is InChI=1S/C21H19ClN4O3/c22-14-5-6-17-16(11-14)13(12-24-17)7-9-23-19(27)8-10-26-20(28)15-3-1-2-4-18(15)25-21(26)29/h1-6,11-12,24H,7-10H2,(H,23,27)(H,25,29). The van der Waals surface area contributed by atoms with E-state index in [0.717, 1.165) is 21.0 Å². The zero-order valence-corrected chi connectivity index (χ0v) is 16.3. The molecule has 0 saturated carbocycles. The van der Waals surface area contributed by atoms with Crippen LogP contribution in [0.25, 0.3) is 21.8 Å². The third kappa shape index (κ3) is 3.95. The first-order valence-corrected chi connectivity index (χ1v) is 9.65. The molecule has 0 fully saturated rings. The summed E-state index contributed by atoms with van der Waals surface area (Å²) in [7, 11) is 0. The van der Waals surface area contributed by atoms with Crippen molar-refractivity contribution >= 4 is 39.3 Å². The molecule has 0 radical (unpaired) electrons. The van der Waals surface area contributed by atoms with Gasteiger partial charge in [-0.25, -0.2) is 4.79 Å². The molecule has 29 heavy (non-hydrogen) atoms. The SMILES string of the molecule is O=C(CCn1c(=O)[nH]c2ccccc2c1=O)NCCc1c[nH]c2ccc(Cl)cc12. The number of carbonyl (C=O) groups is 1. The Hall–Kier alpha value is -3.32. The summed E-state index contributed by atoms with van der Waals surface area (Å²) in [4.78, 5) is 42.7. The molecule has 0 aliphatic heterocycles. The van der Waals surface area contributed by atoms with Crippen molar-refractivity contribution in [3.63, 3.8) is 0 Å². The Labute approximate surface area is 170 Å². The van der Waals surface area contributed by atoms with Crippen LogP contribution in [0.3, 0.4) is 0 Å².